The predicted molar refractivity (Wildman–Crippen MR) is 127 cm³/mol. The Hall–Kier alpha value is -2.39. The van der Waals surface area contributed by atoms with Gasteiger partial charge in [0.05, 0.1) is 30.5 Å². The number of anilines is 1. The van der Waals surface area contributed by atoms with Crippen molar-refractivity contribution in [3.63, 3.8) is 0 Å². The summed E-state index contributed by atoms with van der Waals surface area (Å²) in [4.78, 5) is 22.0. The zero-order chi connectivity index (χ0) is 22.5. The van der Waals surface area contributed by atoms with Gasteiger partial charge in [0.15, 0.2) is 23.2 Å². The first-order chi connectivity index (χ1) is 15.5. The molecule has 2 aromatic carbocycles. The zero-order valence-corrected chi connectivity index (χ0v) is 19.7. The van der Waals surface area contributed by atoms with Crippen molar-refractivity contribution in [3.8, 4) is 11.5 Å². The van der Waals surface area contributed by atoms with Crippen LogP contribution in [0.25, 0.3) is 10.2 Å². The van der Waals surface area contributed by atoms with Crippen molar-refractivity contribution in [2.45, 2.75) is 6.92 Å². The Balaban J connectivity index is 1.55. The van der Waals surface area contributed by atoms with E-state index in [1.807, 2.05) is 31.2 Å². The van der Waals surface area contributed by atoms with Crippen molar-refractivity contribution in [1.82, 2.24) is 9.88 Å². The Morgan fingerprint density at radius 2 is 2.00 bits per heavy atom. The van der Waals surface area contributed by atoms with Gasteiger partial charge in [0, 0.05) is 31.2 Å². The van der Waals surface area contributed by atoms with Gasteiger partial charge in [-0.15, -0.1) is 0 Å². The summed E-state index contributed by atoms with van der Waals surface area (Å²) in [6, 6.07) is 11.1. The van der Waals surface area contributed by atoms with Crippen LogP contribution in [0.1, 0.15) is 5.56 Å². The van der Waals surface area contributed by atoms with Crippen LogP contribution in [-0.4, -0.2) is 68.9 Å². The lowest BCUT2D eigenvalue weighted by molar-refractivity contribution is -0.120. The molecular formula is C23H26ClN3O4S. The summed E-state index contributed by atoms with van der Waals surface area (Å²) in [6.45, 7) is 6.25. The number of amides is 1. The lowest BCUT2D eigenvalue weighted by Crippen LogP contribution is -2.44. The van der Waals surface area contributed by atoms with Gasteiger partial charge in [-0.3, -0.25) is 14.6 Å². The highest BCUT2D eigenvalue weighted by molar-refractivity contribution is 7.22. The second kappa shape index (κ2) is 10.5. The van der Waals surface area contributed by atoms with Crippen molar-refractivity contribution in [2.24, 2.45) is 0 Å². The van der Waals surface area contributed by atoms with Crippen LogP contribution < -0.4 is 14.4 Å². The number of para-hydroxylation sites is 2. The van der Waals surface area contributed by atoms with Crippen molar-refractivity contribution < 1.29 is 19.0 Å². The maximum absolute atomic E-state index is 13.3. The van der Waals surface area contributed by atoms with Crippen LogP contribution in [0, 0.1) is 6.92 Å². The van der Waals surface area contributed by atoms with E-state index in [0.717, 1.165) is 35.4 Å². The zero-order valence-electron chi connectivity index (χ0n) is 18.2. The third-order valence-electron chi connectivity index (χ3n) is 5.33. The first-order valence-corrected chi connectivity index (χ1v) is 11.7. The molecule has 1 aromatic heterocycles. The normalized spacial score (nSPS) is 14.5. The highest BCUT2D eigenvalue weighted by atomic mass is 35.5. The van der Waals surface area contributed by atoms with Crippen LogP contribution in [0.5, 0.6) is 11.5 Å². The average Bonchev–Trinajstić information content (AvgIpc) is 3.22. The number of nitrogens with zero attached hydrogens (tertiary/aromatic N) is 3. The summed E-state index contributed by atoms with van der Waals surface area (Å²) in [5.74, 6) is 0.959. The molecule has 7 nitrogen and oxygen atoms in total. The highest BCUT2D eigenvalue weighted by Gasteiger charge is 2.23. The van der Waals surface area contributed by atoms with E-state index in [1.165, 1.54) is 11.3 Å². The number of ether oxygens (including phenoxy) is 3. The van der Waals surface area contributed by atoms with Gasteiger partial charge >= 0.3 is 0 Å². The summed E-state index contributed by atoms with van der Waals surface area (Å²) in [5, 5.41) is 1.31. The molecule has 0 aliphatic carbocycles. The molecule has 1 saturated heterocycles. The van der Waals surface area contributed by atoms with E-state index in [9.17, 15) is 4.79 Å². The fraction of sp³-hybridized carbons (Fsp3) is 0.391. The lowest BCUT2D eigenvalue weighted by Gasteiger charge is -2.29. The Morgan fingerprint density at radius 1 is 1.25 bits per heavy atom. The number of aryl methyl sites for hydroxylation is 1. The third kappa shape index (κ3) is 5.32. The second-order valence-corrected chi connectivity index (χ2v) is 8.95. The van der Waals surface area contributed by atoms with Crippen LogP contribution in [0.3, 0.4) is 0 Å². The molecule has 0 N–H and O–H groups in total. The Bertz CT molecular complexity index is 1080. The first-order valence-electron chi connectivity index (χ1n) is 10.5. The minimum Gasteiger partial charge on any atom is -0.493 e. The molecule has 0 atom stereocenters. The van der Waals surface area contributed by atoms with Gasteiger partial charge in [0.25, 0.3) is 5.91 Å². The molecule has 1 aliphatic rings. The molecule has 1 fully saturated rings. The molecule has 2 heterocycles. The molecule has 3 aromatic rings. The van der Waals surface area contributed by atoms with Gasteiger partial charge in [-0.2, -0.15) is 0 Å². The molecule has 1 amide bonds. The minimum atomic E-state index is -0.160. The predicted octanol–water partition coefficient (Wildman–Crippen LogP) is 4.01. The maximum Gasteiger partial charge on any atom is 0.266 e. The number of benzene rings is 2. The smallest absolute Gasteiger partial charge is 0.266 e. The fourth-order valence-corrected chi connectivity index (χ4v) is 5.07. The fourth-order valence-electron chi connectivity index (χ4n) is 3.61. The van der Waals surface area contributed by atoms with E-state index in [1.54, 1.807) is 24.1 Å². The van der Waals surface area contributed by atoms with Crippen molar-refractivity contribution in [3.05, 3.63) is 47.0 Å². The molecule has 9 heteroatoms. The maximum atomic E-state index is 13.3. The van der Waals surface area contributed by atoms with E-state index >= 15 is 0 Å². The van der Waals surface area contributed by atoms with Gasteiger partial charge < -0.3 is 14.2 Å². The average molecular weight is 476 g/mol. The number of morpholine rings is 1. The summed E-state index contributed by atoms with van der Waals surface area (Å²) >= 11 is 7.70. The molecule has 4 rings (SSSR count). The molecule has 1 aliphatic heterocycles. The number of carbonyl (C=O) groups excluding carboxylic acids is 1. The van der Waals surface area contributed by atoms with Gasteiger partial charge in [-0.05, 0) is 36.8 Å². The van der Waals surface area contributed by atoms with Crippen molar-refractivity contribution in [2.75, 3.05) is 58.0 Å². The van der Waals surface area contributed by atoms with Crippen LogP contribution >= 0.6 is 22.9 Å². The Labute approximate surface area is 196 Å². The van der Waals surface area contributed by atoms with E-state index in [-0.39, 0.29) is 12.5 Å². The van der Waals surface area contributed by atoms with Crippen molar-refractivity contribution in [1.29, 1.82) is 0 Å². The molecule has 0 unspecified atom stereocenters. The summed E-state index contributed by atoms with van der Waals surface area (Å²) in [6.07, 6.45) is 0. The Morgan fingerprint density at radius 3 is 2.75 bits per heavy atom. The summed E-state index contributed by atoms with van der Waals surface area (Å²) < 4.78 is 17.5. The van der Waals surface area contributed by atoms with Crippen molar-refractivity contribution >= 4 is 44.2 Å². The quantitative estimate of drug-likeness (QED) is 0.490. The molecule has 32 heavy (non-hydrogen) atoms. The van der Waals surface area contributed by atoms with Gasteiger partial charge in [-0.1, -0.05) is 35.1 Å². The van der Waals surface area contributed by atoms with Gasteiger partial charge in [0.2, 0.25) is 0 Å². The molecule has 0 radical (unpaired) electrons. The van der Waals surface area contributed by atoms with Crippen LogP contribution in [0.15, 0.2) is 36.4 Å². The SMILES string of the molecule is COc1ccccc1OCC(=O)N(CCN1CCOCC1)c1nc2c(C)cc(Cl)cc2s1. The van der Waals surface area contributed by atoms with Crippen LogP contribution in [-0.2, 0) is 9.53 Å². The third-order valence-corrected chi connectivity index (χ3v) is 6.58. The Kier molecular flexibility index (Phi) is 7.47. The van der Waals surface area contributed by atoms with Crippen LogP contribution in [0.4, 0.5) is 5.13 Å². The number of hydrogen-bond donors (Lipinski definition) is 0. The number of aromatic nitrogens is 1. The summed E-state index contributed by atoms with van der Waals surface area (Å²) in [5.41, 5.74) is 1.85. The number of methoxy groups -OCH3 is 1. The first kappa shape index (κ1) is 22.8. The minimum absolute atomic E-state index is 0.112. The van der Waals surface area contributed by atoms with Crippen LogP contribution in [0.2, 0.25) is 5.02 Å². The monoisotopic (exact) mass is 475 g/mol. The largest absolute Gasteiger partial charge is 0.493 e. The number of hydrogen-bond acceptors (Lipinski definition) is 7. The standard InChI is InChI=1S/C23H26ClN3O4S/c1-16-13-17(24)14-20-22(16)25-23(32-20)27(8-7-26-9-11-30-12-10-26)21(28)15-31-19-6-4-3-5-18(19)29-2/h3-6,13-14H,7-12,15H2,1-2H3. The molecular weight excluding hydrogens is 450 g/mol. The van der Waals surface area contributed by atoms with E-state index in [2.05, 4.69) is 4.90 Å². The molecule has 0 spiro atoms. The van der Waals surface area contributed by atoms with Gasteiger partial charge in [-0.25, -0.2) is 4.98 Å². The van der Waals surface area contributed by atoms with E-state index in [0.29, 0.717) is 41.4 Å². The second-order valence-electron chi connectivity index (χ2n) is 7.50. The lowest BCUT2D eigenvalue weighted by atomic mass is 10.2. The number of fused-ring (bicyclic) bond motifs is 1. The molecule has 170 valence electrons. The van der Waals surface area contributed by atoms with E-state index in [4.69, 9.17) is 30.8 Å². The van der Waals surface area contributed by atoms with Gasteiger partial charge in [0.1, 0.15) is 0 Å². The highest BCUT2D eigenvalue weighted by Crippen LogP contribution is 2.33. The molecule has 0 bridgehead atoms. The number of rotatable bonds is 8. The molecule has 0 saturated carbocycles. The topological polar surface area (TPSA) is 64.1 Å². The summed E-state index contributed by atoms with van der Waals surface area (Å²) in [7, 11) is 1.58. The number of halogens is 1. The number of carbonyl (C=O) groups is 1. The number of thiazole rings is 1. The van der Waals surface area contributed by atoms with E-state index < -0.39 is 0 Å².